The number of carbonyl (C=O) groups excluding carboxylic acids is 2. The molecule has 0 aromatic heterocycles. The highest BCUT2D eigenvalue weighted by molar-refractivity contribution is 5.98. The molecule has 146 valence electrons. The lowest BCUT2D eigenvalue weighted by atomic mass is 10.00. The maximum absolute atomic E-state index is 13.4. The number of nitrogens with two attached hydrogens (primary N) is 1. The number of nitrogens with zero attached hydrogens (tertiary/aromatic N) is 2. The van der Waals surface area contributed by atoms with Crippen LogP contribution in [-0.2, 0) is 0 Å². The predicted octanol–water partition coefficient (Wildman–Crippen LogP) is 2.19. The zero-order valence-corrected chi connectivity index (χ0v) is 15.5. The van der Waals surface area contributed by atoms with Crippen molar-refractivity contribution in [1.29, 1.82) is 0 Å². The van der Waals surface area contributed by atoms with Gasteiger partial charge in [-0.15, -0.1) is 0 Å². The molecule has 3 aliphatic rings. The molecule has 3 N–H and O–H groups in total. The number of fused-ring (bicyclic) bond motifs is 1. The summed E-state index contributed by atoms with van der Waals surface area (Å²) >= 11 is 0. The molecule has 6 nitrogen and oxygen atoms in total. The number of piperazine rings is 1. The number of benzene rings is 1. The maximum atomic E-state index is 13.4. The summed E-state index contributed by atoms with van der Waals surface area (Å²) in [6.07, 6.45) is 5.19. The molecule has 7 heteroatoms. The first-order chi connectivity index (χ1) is 13.0. The number of amides is 3. The number of carbonyl (C=O) groups is 2. The molecule has 2 saturated carbocycles. The van der Waals surface area contributed by atoms with E-state index in [-0.39, 0.29) is 11.6 Å². The van der Waals surface area contributed by atoms with Gasteiger partial charge in [0, 0.05) is 38.4 Å². The Morgan fingerprint density at radius 2 is 1.96 bits per heavy atom. The van der Waals surface area contributed by atoms with Crippen molar-refractivity contribution < 1.29 is 14.0 Å². The van der Waals surface area contributed by atoms with E-state index in [0.29, 0.717) is 31.9 Å². The van der Waals surface area contributed by atoms with Gasteiger partial charge < -0.3 is 20.9 Å². The number of rotatable bonds is 5. The molecule has 27 heavy (non-hydrogen) atoms. The summed E-state index contributed by atoms with van der Waals surface area (Å²) in [4.78, 5) is 27.8. The molecule has 0 radical (unpaired) electrons. The smallest absolute Gasteiger partial charge is 0.317 e. The molecule has 3 fully saturated rings. The first-order valence-corrected chi connectivity index (χ1v) is 9.90. The van der Waals surface area contributed by atoms with Crippen LogP contribution in [0.2, 0.25) is 0 Å². The Kier molecular flexibility index (Phi) is 4.93. The molecule has 1 aromatic rings. The summed E-state index contributed by atoms with van der Waals surface area (Å²) in [6.45, 7) is 3.05. The van der Waals surface area contributed by atoms with Crippen molar-refractivity contribution in [3.63, 3.8) is 0 Å². The van der Waals surface area contributed by atoms with Gasteiger partial charge in [0.05, 0.1) is 5.56 Å². The van der Waals surface area contributed by atoms with Crippen LogP contribution >= 0.6 is 0 Å². The second-order valence-electron chi connectivity index (χ2n) is 8.02. The van der Waals surface area contributed by atoms with Gasteiger partial charge in [0.2, 0.25) is 0 Å². The highest BCUT2D eigenvalue weighted by Crippen LogP contribution is 2.56. The van der Waals surface area contributed by atoms with Crippen molar-refractivity contribution in [3.8, 4) is 0 Å². The molecular formula is C20H27FN4O2. The third-order valence-electron chi connectivity index (χ3n) is 6.41. The van der Waals surface area contributed by atoms with Crippen LogP contribution in [0.4, 0.5) is 14.9 Å². The Morgan fingerprint density at radius 3 is 2.59 bits per heavy atom. The van der Waals surface area contributed by atoms with Crippen LogP contribution in [0, 0.1) is 23.6 Å². The third-order valence-corrected chi connectivity index (χ3v) is 6.41. The maximum Gasteiger partial charge on any atom is 0.317 e. The molecule has 0 spiro atoms. The average molecular weight is 374 g/mol. The third kappa shape index (κ3) is 3.87. The van der Waals surface area contributed by atoms with Gasteiger partial charge in [-0.3, -0.25) is 4.79 Å². The molecular weight excluding hydrogens is 347 g/mol. The van der Waals surface area contributed by atoms with E-state index < -0.39 is 11.7 Å². The fourth-order valence-corrected chi connectivity index (χ4v) is 4.79. The second kappa shape index (κ2) is 7.37. The monoisotopic (exact) mass is 374 g/mol. The van der Waals surface area contributed by atoms with E-state index in [1.165, 1.54) is 31.4 Å². The Labute approximate surface area is 158 Å². The number of nitrogens with one attached hydrogen (secondary N) is 1. The molecule has 1 aromatic carbocycles. The van der Waals surface area contributed by atoms with Crippen LogP contribution in [-0.4, -0.2) is 49.6 Å². The number of primary amides is 1. The number of hydrogen-bond donors (Lipinski definition) is 2. The molecule has 0 bridgehead atoms. The highest BCUT2D eigenvalue weighted by atomic mass is 19.1. The molecule has 3 amide bonds. The van der Waals surface area contributed by atoms with Crippen molar-refractivity contribution in [2.24, 2.45) is 23.5 Å². The lowest BCUT2D eigenvalue weighted by Crippen LogP contribution is -2.52. The molecule has 2 aliphatic carbocycles. The second-order valence-corrected chi connectivity index (χ2v) is 8.02. The topological polar surface area (TPSA) is 78.7 Å². The van der Waals surface area contributed by atoms with Gasteiger partial charge in [-0.2, -0.15) is 0 Å². The van der Waals surface area contributed by atoms with Crippen LogP contribution in [0.1, 0.15) is 36.0 Å². The molecule has 1 aliphatic heterocycles. The SMILES string of the molecule is NC(=O)c1cc(F)ccc1N1CCN(C(=O)NCCC2CCC3CC23)CC1. The van der Waals surface area contributed by atoms with Crippen molar-refractivity contribution in [3.05, 3.63) is 29.6 Å². The first-order valence-electron chi connectivity index (χ1n) is 9.90. The summed E-state index contributed by atoms with van der Waals surface area (Å²) in [5.41, 5.74) is 6.19. The van der Waals surface area contributed by atoms with Crippen LogP contribution in [0.3, 0.4) is 0 Å². The Bertz CT molecular complexity index is 733. The van der Waals surface area contributed by atoms with E-state index in [9.17, 15) is 14.0 Å². The Morgan fingerprint density at radius 1 is 1.19 bits per heavy atom. The average Bonchev–Trinajstić information content (AvgIpc) is 3.35. The van der Waals surface area contributed by atoms with Crippen molar-refractivity contribution in [1.82, 2.24) is 10.2 Å². The Hall–Kier alpha value is -2.31. The minimum atomic E-state index is -0.644. The van der Waals surface area contributed by atoms with Crippen molar-refractivity contribution in [2.75, 3.05) is 37.6 Å². The molecule has 1 heterocycles. The van der Waals surface area contributed by atoms with Gasteiger partial charge in [0.25, 0.3) is 5.91 Å². The van der Waals surface area contributed by atoms with Gasteiger partial charge in [0.15, 0.2) is 0 Å². The van der Waals surface area contributed by atoms with Crippen molar-refractivity contribution in [2.45, 2.75) is 25.7 Å². The molecule has 3 atom stereocenters. The molecule has 4 rings (SSSR count). The summed E-state index contributed by atoms with van der Waals surface area (Å²) < 4.78 is 13.4. The number of urea groups is 1. The zero-order chi connectivity index (χ0) is 19.0. The quantitative estimate of drug-likeness (QED) is 0.829. The first kappa shape index (κ1) is 18.1. The predicted molar refractivity (Wildman–Crippen MR) is 101 cm³/mol. The van der Waals surface area contributed by atoms with Crippen molar-refractivity contribution >= 4 is 17.6 Å². The summed E-state index contributed by atoms with van der Waals surface area (Å²) in [7, 11) is 0. The fraction of sp³-hybridized carbons (Fsp3) is 0.600. The summed E-state index contributed by atoms with van der Waals surface area (Å²) in [6, 6.07) is 4.06. The van der Waals surface area contributed by atoms with E-state index in [1.807, 2.05) is 4.90 Å². The standard InChI is InChI=1S/C20H27FN4O2/c21-15-3-4-18(17(12-15)19(22)26)24-7-9-25(10-8-24)20(27)23-6-5-13-1-2-14-11-16(13)14/h3-4,12-14,16H,1-2,5-11H2,(H2,22,26)(H,23,27). The van der Waals surface area contributed by atoms with Gasteiger partial charge in [-0.05, 0) is 61.6 Å². The number of hydrogen-bond acceptors (Lipinski definition) is 3. The summed E-state index contributed by atoms with van der Waals surface area (Å²) in [5.74, 6) is 1.59. The van der Waals surface area contributed by atoms with Crippen LogP contribution in [0.5, 0.6) is 0 Å². The lowest BCUT2D eigenvalue weighted by Gasteiger charge is -2.36. The molecule has 1 saturated heterocycles. The van der Waals surface area contributed by atoms with Gasteiger partial charge in [-0.1, -0.05) is 0 Å². The number of anilines is 1. The van der Waals surface area contributed by atoms with E-state index >= 15 is 0 Å². The Balaban J connectivity index is 1.26. The van der Waals surface area contributed by atoms with E-state index in [1.54, 1.807) is 11.0 Å². The normalized spacial score (nSPS) is 26.6. The van der Waals surface area contributed by atoms with Crippen LogP contribution in [0.25, 0.3) is 0 Å². The van der Waals surface area contributed by atoms with E-state index in [2.05, 4.69) is 5.32 Å². The minimum absolute atomic E-state index is 0.0192. The highest BCUT2D eigenvalue weighted by Gasteiger charge is 2.47. The molecule has 3 unspecified atom stereocenters. The van der Waals surface area contributed by atoms with E-state index in [0.717, 1.165) is 30.7 Å². The van der Waals surface area contributed by atoms with Gasteiger partial charge >= 0.3 is 6.03 Å². The fourth-order valence-electron chi connectivity index (χ4n) is 4.79. The summed E-state index contributed by atoms with van der Waals surface area (Å²) in [5, 5.41) is 3.05. The van der Waals surface area contributed by atoms with E-state index in [4.69, 9.17) is 5.73 Å². The largest absolute Gasteiger partial charge is 0.367 e. The van der Waals surface area contributed by atoms with Gasteiger partial charge in [0.1, 0.15) is 5.82 Å². The van der Waals surface area contributed by atoms with Gasteiger partial charge in [-0.25, -0.2) is 9.18 Å². The van der Waals surface area contributed by atoms with Crippen LogP contribution in [0.15, 0.2) is 18.2 Å². The zero-order valence-electron chi connectivity index (χ0n) is 15.5. The van der Waals surface area contributed by atoms with Crippen LogP contribution < -0.4 is 16.0 Å². The minimum Gasteiger partial charge on any atom is -0.367 e. The lowest BCUT2D eigenvalue weighted by molar-refractivity contribution is 0.1000. The number of halogens is 1.